The number of benzene rings is 1. The summed E-state index contributed by atoms with van der Waals surface area (Å²) >= 11 is 0. The van der Waals surface area contributed by atoms with Crippen molar-refractivity contribution in [2.45, 2.75) is 19.4 Å². The van der Waals surface area contributed by atoms with E-state index in [-0.39, 0.29) is 17.1 Å². The molecule has 1 aromatic rings. The fourth-order valence-electron chi connectivity index (χ4n) is 2.56. The van der Waals surface area contributed by atoms with Crippen LogP contribution in [0.25, 0.3) is 6.08 Å². The maximum atomic E-state index is 12.0. The average molecular weight is 333 g/mol. The van der Waals surface area contributed by atoms with Crippen LogP contribution in [0.4, 0.5) is 5.69 Å². The third-order valence-corrected chi connectivity index (χ3v) is 4.07. The minimum Gasteiger partial charge on any atom is -0.379 e. The highest BCUT2D eigenvalue weighted by molar-refractivity contribution is 5.91. The van der Waals surface area contributed by atoms with Gasteiger partial charge in [0.25, 0.3) is 5.69 Å². The molecule has 0 aliphatic carbocycles. The summed E-state index contributed by atoms with van der Waals surface area (Å²) in [7, 11) is 0. The van der Waals surface area contributed by atoms with Crippen LogP contribution in [0, 0.1) is 10.1 Å². The highest BCUT2D eigenvalue weighted by Gasteiger charge is 2.28. The van der Waals surface area contributed by atoms with Crippen molar-refractivity contribution >= 4 is 17.7 Å². The summed E-state index contributed by atoms with van der Waals surface area (Å²) in [6.07, 6.45) is 2.97. The Morgan fingerprint density at radius 3 is 2.79 bits per heavy atom. The number of amides is 1. The van der Waals surface area contributed by atoms with E-state index >= 15 is 0 Å². The van der Waals surface area contributed by atoms with E-state index in [1.165, 1.54) is 18.2 Å². The van der Waals surface area contributed by atoms with E-state index in [0.717, 1.165) is 13.1 Å². The number of nitrogens with one attached hydrogen (secondary N) is 1. The third kappa shape index (κ3) is 5.14. The Morgan fingerprint density at radius 2 is 2.12 bits per heavy atom. The second kappa shape index (κ2) is 8.03. The second-order valence-corrected chi connectivity index (χ2v) is 6.32. The molecule has 1 N–H and O–H groups in total. The molecule has 24 heavy (non-hydrogen) atoms. The molecule has 0 radical (unpaired) electrons. The number of morpholine rings is 1. The number of ether oxygens (including phenoxy) is 1. The smallest absolute Gasteiger partial charge is 0.270 e. The van der Waals surface area contributed by atoms with E-state index in [0.29, 0.717) is 25.3 Å². The molecule has 0 bridgehead atoms. The van der Waals surface area contributed by atoms with E-state index in [9.17, 15) is 14.9 Å². The van der Waals surface area contributed by atoms with Gasteiger partial charge in [-0.25, -0.2) is 0 Å². The van der Waals surface area contributed by atoms with E-state index in [1.54, 1.807) is 18.2 Å². The van der Waals surface area contributed by atoms with Gasteiger partial charge in [0.1, 0.15) is 0 Å². The fourth-order valence-corrected chi connectivity index (χ4v) is 2.56. The van der Waals surface area contributed by atoms with Gasteiger partial charge in [-0.1, -0.05) is 12.1 Å². The standard InChI is InChI=1S/C17H23N3O4/c1-17(2,19-8-10-24-11-9-19)13-18-16(21)7-6-14-4-3-5-15(12-14)20(22)23/h3-7,12H,8-11,13H2,1-2H3,(H,18,21)/b7-6+. The van der Waals surface area contributed by atoms with Gasteiger partial charge in [0, 0.05) is 43.4 Å². The predicted octanol–water partition coefficient (Wildman–Crippen LogP) is 1.83. The first kappa shape index (κ1) is 18.1. The molecule has 1 aliphatic rings. The van der Waals surface area contributed by atoms with Gasteiger partial charge in [0.15, 0.2) is 0 Å². The lowest BCUT2D eigenvalue weighted by atomic mass is 10.0. The molecule has 0 unspecified atom stereocenters. The first-order valence-corrected chi connectivity index (χ1v) is 7.92. The molecule has 1 saturated heterocycles. The van der Waals surface area contributed by atoms with Crippen LogP contribution in [0.15, 0.2) is 30.3 Å². The lowest BCUT2D eigenvalue weighted by molar-refractivity contribution is -0.384. The molecule has 0 spiro atoms. The van der Waals surface area contributed by atoms with Crippen molar-refractivity contribution in [3.05, 3.63) is 46.0 Å². The van der Waals surface area contributed by atoms with Crippen molar-refractivity contribution < 1.29 is 14.5 Å². The molecule has 7 nitrogen and oxygen atoms in total. The normalized spacial score (nSPS) is 16.2. The number of non-ortho nitro benzene ring substituents is 1. The zero-order valence-corrected chi connectivity index (χ0v) is 14.0. The summed E-state index contributed by atoms with van der Waals surface area (Å²) < 4.78 is 5.35. The monoisotopic (exact) mass is 333 g/mol. The van der Waals surface area contributed by atoms with Gasteiger partial charge >= 0.3 is 0 Å². The molecule has 1 aromatic carbocycles. The Bertz CT molecular complexity index is 622. The highest BCUT2D eigenvalue weighted by Crippen LogP contribution is 2.16. The Kier molecular flexibility index (Phi) is 6.05. The number of carbonyl (C=O) groups excluding carboxylic acids is 1. The summed E-state index contributed by atoms with van der Waals surface area (Å²) in [4.78, 5) is 24.6. The minimum absolute atomic E-state index is 0.00556. The number of rotatable bonds is 6. The average Bonchev–Trinajstić information content (AvgIpc) is 2.59. The van der Waals surface area contributed by atoms with Crippen molar-refractivity contribution in [3.63, 3.8) is 0 Å². The highest BCUT2D eigenvalue weighted by atomic mass is 16.6. The van der Waals surface area contributed by atoms with E-state index in [2.05, 4.69) is 24.1 Å². The molecule has 0 saturated carbocycles. The van der Waals surface area contributed by atoms with E-state index in [4.69, 9.17) is 4.74 Å². The number of carbonyl (C=O) groups is 1. The largest absolute Gasteiger partial charge is 0.379 e. The topological polar surface area (TPSA) is 84.7 Å². The molecule has 130 valence electrons. The quantitative estimate of drug-likeness (QED) is 0.488. The zero-order valence-electron chi connectivity index (χ0n) is 14.0. The number of nitrogens with zero attached hydrogens (tertiary/aromatic N) is 2. The molecule has 1 heterocycles. The zero-order chi connectivity index (χ0) is 17.6. The fraction of sp³-hybridized carbons (Fsp3) is 0.471. The second-order valence-electron chi connectivity index (χ2n) is 6.32. The van der Waals surface area contributed by atoms with E-state index in [1.807, 2.05) is 0 Å². The van der Waals surface area contributed by atoms with Gasteiger partial charge in [0.2, 0.25) is 5.91 Å². The number of nitro benzene ring substituents is 1. The van der Waals surface area contributed by atoms with Gasteiger partial charge in [-0.05, 0) is 25.5 Å². The maximum absolute atomic E-state index is 12.0. The Hall–Kier alpha value is -2.25. The lowest BCUT2D eigenvalue weighted by Gasteiger charge is -2.40. The van der Waals surface area contributed by atoms with Gasteiger partial charge in [-0.2, -0.15) is 0 Å². The maximum Gasteiger partial charge on any atom is 0.270 e. The Labute approximate surface area is 141 Å². The van der Waals surface area contributed by atoms with Gasteiger partial charge in [-0.3, -0.25) is 19.8 Å². The molecule has 7 heteroatoms. The van der Waals surface area contributed by atoms with Crippen molar-refractivity contribution in [1.29, 1.82) is 0 Å². The van der Waals surface area contributed by atoms with Crippen LogP contribution < -0.4 is 5.32 Å². The van der Waals surface area contributed by atoms with Crippen LogP contribution in [0.2, 0.25) is 0 Å². The van der Waals surface area contributed by atoms with Crippen molar-refractivity contribution in [2.24, 2.45) is 0 Å². The molecule has 0 aromatic heterocycles. The number of hydrogen-bond acceptors (Lipinski definition) is 5. The number of nitro groups is 1. The molecular weight excluding hydrogens is 310 g/mol. The summed E-state index contributed by atoms with van der Waals surface area (Å²) in [6, 6.07) is 6.16. The summed E-state index contributed by atoms with van der Waals surface area (Å²) in [5.74, 6) is -0.220. The van der Waals surface area contributed by atoms with Crippen LogP contribution in [-0.4, -0.2) is 54.1 Å². The number of hydrogen-bond donors (Lipinski definition) is 1. The molecular formula is C17H23N3O4. The van der Waals surface area contributed by atoms with Crippen molar-refractivity contribution in [3.8, 4) is 0 Å². The first-order chi connectivity index (χ1) is 11.4. The minimum atomic E-state index is -0.456. The van der Waals surface area contributed by atoms with Crippen LogP contribution >= 0.6 is 0 Å². The molecule has 1 aliphatic heterocycles. The molecule has 1 fully saturated rings. The van der Waals surface area contributed by atoms with Gasteiger partial charge in [0.05, 0.1) is 18.1 Å². The Balaban J connectivity index is 1.88. The van der Waals surface area contributed by atoms with E-state index < -0.39 is 4.92 Å². The summed E-state index contributed by atoms with van der Waals surface area (Å²) in [6.45, 7) is 7.82. The molecule has 0 atom stereocenters. The summed E-state index contributed by atoms with van der Waals surface area (Å²) in [5, 5.41) is 13.6. The Morgan fingerprint density at radius 1 is 1.42 bits per heavy atom. The SMILES string of the molecule is CC(C)(CNC(=O)/C=C/c1cccc([N+](=O)[O-])c1)N1CCOCC1. The van der Waals surface area contributed by atoms with Crippen LogP contribution in [-0.2, 0) is 9.53 Å². The van der Waals surface area contributed by atoms with Crippen LogP contribution in [0.1, 0.15) is 19.4 Å². The first-order valence-electron chi connectivity index (χ1n) is 7.92. The summed E-state index contributed by atoms with van der Waals surface area (Å²) in [5.41, 5.74) is 0.469. The molecule has 2 rings (SSSR count). The molecule has 1 amide bonds. The van der Waals surface area contributed by atoms with Gasteiger partial charge in [-0.15, -0.1) is 0 Å². The third-order valence-electron chi connectivity index (χ3n) is 4.07. The predicted molar refractivity (Wildman–Crippen MR) is 91.6 cm³/mol. The van der Waals surface area contributed by atoms with Crippen LogP contribution in [0.5, 0.6) is 0 Å². The van der Waals surface area contributed by atoms with Crippen molar-refractivity contribution in [1.82, 2.24) is 10.2 Å². The van der Waals surface area contributed by atoms with Gasteiger partial charge < -0.3 is 10.1 Å². The van der Waals surface area contributed by atoms with Crippen LogP contribution in [0.3, 0.4) is 0 Å². The van der Waals surface area contributed by atoms with Crippen molar-refractivity contribution in [2.75, 3.05) is 32.8 Å². The lowest BCUT2D eigenvalue weighted by Crippen LogP contribution is -2.55.